The predicted molar refractivity (Wildman–Crippen MR) is 110 cm³/mol. The molecule has 0 fully saturated rings. The van der Waals surface area contributed by atoms with Crippen LogP contribution in [0.1, 0.15) is 52.6 Å². The average molecular weight is 383 g/mol. The summed E-state index contributed by atoms with van der Waals surface area (Å²) < 4.78 is 5.24. The second-order valence-corrected chi connectivity index (χ2v) is 9.26. The monoisotopic (exact) mass is 382 g/mol. The van der Waals surface area contributed by atoms with Gasteiger partial charge < -0.3 is 15.0 Å². The van der Waals surface area contributed by atoms with Crippen molar-refractivity contribution in [1.29, 1.82) is 0 Å². The van der Waals surface area contributed by atoms with Gasteiger partial charge in [0.05, 0.1) is 7.11 Å². The van der Waals surface area contributed by atoms with E-state index in [0.717, 1.165) is 23.1 Å². The molecule has 1 heterocycles. The second kappa shape index (κ2) is 7.12. The van der Waals surface area contributed by atoms with Gasteiger partial charge in [-0.15, -0.1) is 0 Å². The molecule has 150 valence electrons. The molecule has 0 aromatic heterocycles. The lowest BCUT2D eigenvalue weighted by Crippen LogP contribution is -2.50. The Kier molecular flexibility index (Phi) is 5.13. The zero-order valence-electron chi connectivity index (χ0n) is 17.6. The molecule has 0 radical (unpaired) electrons. The Bertz CT molecular complexity index is 842. The van der Waals surface area contributed by atoms with Crippen molar-refractivity contribution in [3.8, 4) is 5.75 Å². The topological polar surface area (TPSA) is 58.6 Å². The lowest BCUT2D eigenvalue weighted by Gasteiger charge is -2.37. The minimum atomic E-state index is -0.694. The Morgan fingerprint density at radius 1 is 1.21 bits per heavy atom. The molecule has 2 aliphatic rings. The zero-order valence-corrected chi connectivity index (χ0v) is 17.6. The first-order valence-electron chi connectivity index (χ1n) is 9.70. The van der Waals surface area contributed by atoms with Gasteiger partial charge in [0.1, 0.15) is 11.8 Å². The van der Waals surface area contributed by atoms with Crippen LogP contribution in [0.4, 0.5) is 0 Å². The van der Waals surface area contributed by atoms with Crippen molar-refractivity contribution in [3.63, 3.8) is 0 Å². The number of benzene rings is 1. The van der Waals surface area contributed by atoms with E-state index in [1.165, 1.54) is 0 Å². The van der Waals surface area contributed by atoms with Crippen LogP contribution in [0.15, 0.2) is 47.6 Å². The molecule has 2 amide bonds. The maximum atomic E-state index is 13.2. The summed E-state index contributed by atoms with van der Waals surface area (Å²) in [4.78, 5) is 27.9. The van der Waals surface area contributed by atoms with E-state index in [9.17, 15) is 9.59 Å². The molecule has 0 bridgehead atoms. The summed E-state index contributed by atoms with van der Waals surface area (Å²) >= 11 is 0. The molecule has 5 heteroatoms. The lowest BCUT2D eigenvalue weighted by atomic mass is 9.82. The van der Waals surface area contributed by atoms with Crippen molar-refractivity contribution >= 4 is 11.8 Å². The Hall–Kier alpha value is -2.56. The second-order valence-electron chi connectivity index (χ2n) is 9.26. The van der Waals surface area contributed by atoms with Crippen LogP contribution < -0.4 is 10.1 Å². The van der Waals surface area contributed by atoms with Gasteiger partial charge in [0.25, 0.3) is 0 Å². The van der Waals surface area contributed by atoms with E-state index in [4.69, 9.17) is 4.74 Å². The summed E-state index contributed by atoms with van der Waals surface area (Å²) in [7, 11) is 1.60. The molecule has 28 heavy (non-hydrogen) atoms. The third-order valence-electron chi connectivity index (χ3n) is 5.32. The molecule has 1 aromatic carbocycles. The Labute approximate surface area is 167 Å². The third kappa shape index (κ3) is 3.98. The molecule has 1 atom stereocenters. The summed E-state index contributed by atoms with van der Waals surface area (Å²) in [5.74, 6) is 0.416. The first-order chi connectivity index (χ1) is 13.0. The van der Waals surface area contributed by atoms with E-state index < -0.39 is 11.6 Å². The van der Waals surface area contributed by atoms with Crippen LogP contribution >= 0.6 is 0 Å². The quantitative estimate of drug-likeness (QED) is 0.862. The Balaban J connectivity index is 1.99. The van der Waals surface area contributed by atoms with Gasteiger partial charge in [0, 0.05) is 18.2 Å². The van der Waals surface area contributed by atoms with E-state index in [1.807, 2.05) is 45.0 Å². The SMILES string of the molecule is COc1ccc(C(C(=O)NC(C)(C)C)N2CC3=CCC(C)(C)C3=CC2=O)cc1. The van der Waals surface area contributed by atoms with E-state index in [2.05, 4.69) is 25.2 Å². The summed E-state index contributed by atoms with van der Waals surface area (Å²) in [6, 6.07) is 6.65. The zero-order chi connectivity index (χ0) is 20.7. The predicted octanol–water partition coefficient (Wildman–Crippen LogP) is 3.78. The number of nitrogens with zero attached hydrogens (tertiary/aromatic N) is 1. The van der Waals surface area contributed by atoms with Crippen molar-refractivity contribution in [1.82, 2.24) is 10.2 Å². The Morgan fingerprint density at radius 2 is 1.86 bits per heavy atom. The molecule has 1 N–H and O–H groups in total. The number of carbonyl (C=O) groups excluding carboxylic acids is 2. The van der Waals surface area contributed by atoms with Crippen molar-refractivity contribution < 1.29 is 14.3 Å². The number of fused-ring (bicyclic) bond motifs is 1. The van der Waals surface area contributed by atoms with Crippen LogP contribution in [0.2, 0.25) is 0 Å². The smallest absolute Gasteiger partial charge is 0.248 e. The molecular formula is C23H30N2O3. The standard InChI is InChI=1S/C23H30N2O3/c1-22(2,3)24-21(27)20(15-7-9-17(28-6)10-8-15)25-14-16-11-12-23(4,5)18(16)13-19(25)26/h7-11,13,20H,12,14H2,1-6H3,(H,24,27). The van der Waals surface area contributed by atoms with E-state index in [1.54, 1.807) is 18.1 Å². The molecular weight excluding hydrogens is 352 g/mol. The first-order valence-corrected chi connectivity index (χ1v) is 9.70. The normalized spacial score (nSPS) is 19.5. The third-order valence-corrected chi connectivity index (χ3v) is 5.32. The lowest BCUT2D eigenvalue weighted by molar-refractivity contribution is -0.138. The highest BCUT2D eigenvalue weighted by Crippen LogP contribution is 2.44. The molecule has 1 aliphatic carbocycles. The van der Waals surface area contributed by atoms with Crippen LogP contribution in [0.25, 0.3) is 0 Å². The minimum absolute atomic E-state index is 0.0274. The van der Waals surface area contributed by atoms with E-state index >= 15 is 0 Å². The van der Waals surface area contributed by atoms with Crippen LogP contribution in [0.5, 0.6) is 5.75 Å². The van der Waals surface area contributed by atoms with Gasteiger partial charge in [-0.2, -0.15) is 0 Å². The van der Waals surface area contributed by atoms with Crippen LogP contribution in [-0.4, -0.2) is 35.9 Å². The van der Waals surface area contributed by atoms with Gasteiger partial charge >= 0.3 is 0 Å². The highest BCUT2D eigenvalue weighted by Gasteiger charge is 2.40. The number of hydrogen-bond acceptors (Lipinski definition) is 3. The van der Waals surface area contributed by atoms with Crippen molar-refractivity contribution in [2.75, 3.05) is 13.7 Å². The minimum Gasteiger partial charge on any atom is -0.497 e. The van der Waals surface area contributed by atoms with Crippen LogP contribution in [-0.2, 0) is 9.59 Å². The van der Waals surface area contributed by atoms with Crippen molar-refractivity contribution in [3.05, 3.63) is 53.1 Å². The van der Waals surface area contributed by atoms with Gasteiger partial charge in [0.15, 0.2) is 0 Å². The summed E-state index contributed by atoms with van der Waals surface area (Å²) in [6.45, 7) is 10.6. The average Bonchev–Trinajstić information content (AvgIpc) is 2.89. The van der Waals surface area contributed by atoms with Crippen LogP contribution in [0, 0.1) is 5.41 Å². The number of rotatable bonds is 4. The fraction of sp³-hybridized carbons (Fsp3) is 0.478. The van der Waals surface area contributed by atoms with Crippen molar-refractivity contribution in [2.24, 2.45) is 5.41 Å². The van der Waals surface area contributed by atoms with Crippen LogP contribution in [0.3, 0.4) is 0 Å². The maximum Gasteiger partial charge on any atom is 0.248 e. The number of carbonyl (C=O) groups is 2. The van der Waals surface area contributed by atoms with Gasteiger partial charge in [-0.1, -0.05) is 32.1 Å². The highest BCUT2D eigenvalue weighted by molar-refractivity contribution is 5.96. The van der Waals surface area contributed by atoms with Gasteiger partial charge in [-0.3, -0.25) is 9.59 Å². The maximum absolute atomic E-state index is 13.2. The summed E-state index contributed by atoms with van der Waals surface area (Å²) in [5.41, 5.74) is 2.59. The number of nitrogens with one attached hydrogen (secondary N) is 1. The summed E-state index contributed by atoms with van der Waals surface area (Å²) in [6.07, 6.45) is 4.82. The van der Waals surface area contributed by atoms with Gasteiger partial charge in [-0.25, -0.2) is 0 Å². The van der Waals surface area contributed by atoms with Gasteiger partial charge in [-0.05, 0) is 61.4 Å². The molecule has 1 aliphatic heterocycles. The molecule has 0 saturated carbocycles. The molecule has 1 aromatic rings. The Morgan fingerprint density at radius 3 is 2.43 bits per heavy atom. The number of amides is 2. The molecule has 0 spiro atoms. The number of ether oxygens (including phenoxy) is 1. The largest absolute Gasteiger partial charge is 0.497 e. The van der Waals surface area contributed by atoms with E-state index in [-0.39, 0.29) is 17.2 Å². The number of hydrogen-bond donors (Lipinski definition) is 1. The number of allylic oxidation sites excluding steroid dienone is 1. The molecule has 5 nitrogen and oxygen atoms in total. The number of methoxy groups -OCH3 is 1. The van der Waals surface area contributed by atoms with Gasteiger partial charge in [0.2, 0.25) is 11.8 Å². The molecule has 1 unspecified atom stereocenters. The van der Waals surface area contributed by atoms with Crippen molar-refractivity contribution in [2.45, 2.75) is 52.6 Å². The van der Waals surface area contributed by atoms with E-state index in [0.29, 0.717) is 12.3 Å². The molecule has 0 saturated heterocycles. The highest BCUT2D eigenvalue weighted by atomic mass is 16.5. The first kappa shape index (κ1) is 20.2. The fourth-order valence-electron chi connectivity index (χ4n) is 3.85. The summed E-state index contributed by atoms with van der Waals surface area (Å²) in [5, 5.41) is 3.04. The fourth-order valence-corrected chi connectivity index (χ4v) is 3.85. The molecule has 3 rings (SSSR count).